The zero-order valence-corrected chi connectivity index (χ0v) is 18.2. The van der Waals surface area contributed by atoms with E-state index in [2.05, 4.69) is 20.6 Å². The van der Waals surface area contributed by atoms with Gasteiger partial charge in [0.25, 0.3) is 5.91 Å². The summed E-state index contributed by atoms with van der Waals surface area (Å²) in [4.78, 5) is 14.4. The van der Waals surface area contributed by atoms with Gasteiger partial charge in [0.1, 0.15) is 5.82 Å². The van der Waals surface area contributed by atoms with E-state index in [0.717, 1.165) is 16.8 Å². The molecular weight excluding hydrogens is 404 g/mol. The van der Waals surface area contributed by atoms with Crippen molar-refractivity contribution < 1.29 is 13.2 Å². The van der Waals surface area contributed by atoms with Crippen LogP contribution in [-0.2, 0) is 9.84 Å². The molecule has 3 heterocycles. The molecule has 1 amide bonds. The van der Waals surface area contributed by atoms with Crippen LogP contribution in [0.25, 0.3) is 5.69 Å². The third kappa shape index (κ3) is 3.87. The summed E-state index contributed by atoms with van der Waals surface area (Å²) in [5, 5.41) is 16.0. The van der Waals surface area contributed by atoms with Crippen LogP contribution in [0.1, 0.15) is 45.5 Å². The summed E-state index contributed by atoms with van der Waals surface area (Å²) in [6.45, 7) is 7.52. The lowest BCUT2D eigenvalue weighted by Gasteiger charge is -2.13. The zero-order valence-electron chi connectivity index (χ0n) is 17.4. The van der Waals surface area contributed by atoms with Gasteiger partial charge in [-0.2, -0.15) is 15.0 Å². The van der Waals surface area contributed by atoms with Gasteiger partial charge in [-0.15, -0.1) is 5.10 Å². The number of anilines is 1. The minimum Gasteiger partial charge on any atom is -0.305 e. The molecule has 1 saturated heterocycles. The number of benzene rings is 1. The van der Waals surface area contributed by atoms with E-state index in [1.165, 1.54) is 4.80 Å². The first-order valence-corrected chi connectivity index (χ1v) is 11.5. The highest BCUT2D eigenvalue weighted by atomic mass is 32.2. The molecule has 0 radical (unpaired) electrons. The lowest BCUT2D eigenvalue weighted by Crippen LogP contribution is -2.20. The Bertz CT molecular complexity index is 1240. The maximum Gasteiger partial charge on any atom is 0.279 e. The molecule has 0 bridgehead atoms. The second kappa shape index (κ2) is 7.35. The van der Waals surface area contributed by atoms with E-state index < -0.39 is 15.7 Å². The summed E-state index contributed by atoms with van der Waals surface area (Å²) >= 11 is 0. The van der Waals surface area contributed by atoms with E-state index in [1.54, 1.807) is 24.6 Å². The van der Waals surface area contributed by atoms with Crippen LogP contribution >= 0.6 is 0 Å². The normalized spacial score (nSPS) is 17.9. The van der Waals surface area contributed by atoms with Crippen molar-refractivity contribution in [2.24, 2.45) is 0 Å². The van der Waals surface area contributed by atoms with Crippen LogP contribution in [0.4, 0.5) is 5.82 Å². The van der Waals surface area contributed by atoms with Crippen molar-refractivity contribution in [2.75, 3.05) is 16.8 Å². The summed E-state index contributed by atoms with van der Waals surface area (Å²) < 4.78 is 25.3. The van der Waals surface area contributed by atoms with Crippen molar-refractivity contribution in [1.82, 2.24) is 24.8 Å². The van der Waals surface area contributed by atoms with Crippen LogP contribution in [0.5, 0.6) is 0 Å². The molecule has 1 unspecified atom stereocenters. The van der Waals surface area contributed by atoms with Crippen molar-refractivity contribution >= 4 is 21.6 Å². The van der Waals surface area contributed by atoms with Gasteiger partial charge in [-0.05, 0) is 45.7 Å². The Morgan fingerprint density at radius 1 is 1.10 bits per heavy atom. The summed E-state index contributed by atoms with van der Waals surface area (Å²) in [6, 6.07) is 7.37. The first-order chi connectivity index (χ1) is 14.1. The minimum absolute atomic E-state index is 0.0267. The van der Waals surface area contributed by atoms with Gasteiger partial charge in [0.05, 0.1) is 34.6 Å². The van der Waals surface area contributed by atoms with Crippen LogP contribution in [0.3, 0.4) is 0 Å². The summed E-state index contributed by atoms with van der Waals surface area (Å²) in [5.74, 6) is 0.206. The molecule has 158 valence electrons. The van der Waals surface area contributed by atoms with Crippen molar-refractivity contribution in [2.45, 2.75) is 40.2 Å². The SMILES string of the molecule is Cc1ccc(-n2nc(C)c(C(=O)Nc3cc(C)nn3C3CCS(=O)(=O)C3)n2)c(C)c1. The topological polar surface area (TPSA) is 112 Å². The molecule has 1 fully saturated rings. The molecule has 0 aliphatic carbocycles. The third-order valence-electron chi connectivity index (χ3n) is 5.22. The number of carbonyl (C=O) groups is 1. The molecule has 30 heavy (non-hydrogen) atoms. The summed E-state index contributed by atoms with van der Waals surface area (Å²) in [6.07, 6.45) is 0.480. The number of sulfone groups is 1. The van der Waals surface area contributed by atoms with Crippen LogP contribution in [0.15, 0.2) is 24.3 Å². The fourth-order valence-corrected chi connectivity index (χ4v) is 5.45. The van der Waals surface area contributed by atoms with Gasteiger partial charge in [0.2, 0.25) is 0 Å². The molecular formula is C20H24N6O3S. The minimum atomic E-state index is -3.07. The molecule has 10 heteroatoms. The molecule has 0 saturated carbocycles. The number of nitrogens with one attached hydrogen (secondary N) is 1. The number of amides is 1. The zero-order chi connectivity index (χ0) is 21.6. The monoisotopic (exact) mass is 428 g/mol. The Labute approximate surface area is 175 Å². The third-order valence-corrected chi connectivity index (χ3v) is 6.97. The molecule has 1 atom stereocenters. The summed E-state index contributed by atoms with van der Waals surface area (Å²) in [7, 11) is -3.07. The highest BCUT2D eigenvalue weighted by Crippen LogP contribution is 2.27. The highest BCUT2D eigenvalue weighted by Gasteiger charge is 2.31. The number of rotatable bonds is 4. The summed E-state index contributed by atoms with van der Waals surface area (Å²) in [5.41, 5.74) is 4.35. The Kier molecular flexibility index (Phi) is 4.97. The number of aryl methyl sites for hydroxylation is 4. The standard InChI is InChI=1S/C20H24N6O3S/c1-12-5-6-17(13(2)9-12)26-23-15(4)19(24-26)20(27)21-18-10-14(3)22-25(18)16-7-8-30(28,29)11-16/h5-6,9-10,16H,7-8,11H2,1-4H3,(H,21,27). The van der Waals surface area contributed by atoms with Crippen molar-refractivity contribution in [3.63, 3.8) is 0 Å². The second-order valence-corrected chi connectivity index (χ2v) is 10.1. The lowest BCUT2D eigenvalue weighted by molar-refractivity contribution is 0.102. The second-order valence-electron chi connectivity index (χ2n) is 7.84. The van der Waals surface area contributed by atoms with Gasteiger partial charge in [0.15, 0.2) is 15.5 Å². The van der Waals surface area contributed by atoms with Crippen molar-refractivity contribution in [1.29, 1.82) is 0 Å². The van der Waals surface area contributed by atoms with Crippen LogP contribution in [-0.4, -0.2) is 50.6 Å². The Morgan fingerprint density at radius 3 is 2.53 bits per heavy atom. The Morgan fingerprint density at radius 2 is 1.87 bits per heavy atom. The van der Waals surface area contributed by atoms with Crippen LogP contribution < -0.4 is 5.32 Å². The van der Waals surface area contributed by atoms with E-state index in [-0.39, 0.29) is 23.2 Å². The van der Waals surface area contributed by atoms with Gasteiger partial charge in [-0.1, -0.05) is 17.7 Å². The first-order valence-electron chi connectivity index (χ1n) is 9.72. The molecule has 3 aromatic rings. The predicted molar refractivity (Wildman–Crippen MR) is 113 cm³/mol. The number of hydrogen-bond acceptors (Lipinski definition) is 6. The molecule has 1 aromatic carbocycles. The predicted octanol–water partition coefficient (Wildman–Crippen LogP) is 2.31. The van der Waals surface area contributed by atoms with E-state index >= 15 is 0 Å². The number of carbonyl (C=O) groups excluding carboxylic acids is 1. The van der Waals surface area contributed by atoms with Crippen molar-refractivity contribution in [3.8, 4) is 5.69 Å². The number of hydrogen-bond donors (Lipinski definition) is 1. The highest BCUT2D eigenvalue weighted by molar-refractivity contribution is 7.91. The van der Waals surface area contributed by atoms with Gasteiger partial charge in [0, 0.05) is 6.07 Å². The smallest absolute Gasteiger partial charge is 0.279 e. The number of aromatic nitrogens is 5. The quantitative estimate of drug-likeness (QED) is 0.682. The average Bonchev–Trinajstić information content (AvgIpc) is 3.31. The molecule has 1 aliphatic rings. The molecule has 2 aromatic heterocycles. The molecule has 4 rings (SSSR count). The first kappa shape index (κ1) is 20.3. The molecule has 1 aliphatic heterocycles. The van der Waals surface area contributed by atoms with Gasteiger partial charge >= 0.3 is 0 Å². The van der Waals surface area contributed by atoms with Gasteiger partial charge in [-0.3, -0.25) is 4.79 Å². The fourth-order valence-electron chi connectivity index (χ4n) is 3.76. The maximum atomic E-state index is 12.9. The van der Waals surface area contributed by atoms with Crippen molar-refractivity contribution in [3.05, 3.63) is 52.5 Å². The molecule has 0 spiro atoms. The van der Waals surface area contributed by atoms with E-state index in [4.69, 9.17) is 0 Å². The Balaban J connectivity index is 1.61. The number of nitrogens with zero attached hydrogens (tertiary/aromatic N) is 5. The van der Waals surface area contributed by atoms with E-state index in [0.29, 0.717) is 23.6 Å². The molecule has 9 nitrogen and oxygen atoms in total. The maximum absolute atomic E-state index is 12.9. The lowest BCUT2D eigenvalue weighted by atomic mass is 10.1. The van der Waals surface area contributed by atoms with E-state index in [9.17, 15) is 13.2 Å². The van der Waals surface area contributed by atoms with Crippen LogP contribution in [0.2, 0.25) is 0 Å². The Hall–Kier alpha value is -3.01. The molecule has 1 N–H and O–H groups in total. The van der Waals surface area contributed by atoms with Gasteiger partial charge in [-0.25, -0.2) is 13.1 Å². The largest absolute Gasteiger partial charge is 0.305 e. The van der Waals surface area contributed by atoms with Gasteiger partial charge < -0.3 is 5.32 Å². The average molecular weight is 429 g/mol. The fraction of sp³-hybridized carbons (Fsp3) is 0.400. The van der Waals surface area contributed by atoms with Crippen LogP contribution in [0, 0.1) is 27.7 Å². The van der Waals surface area contributed by atoms with E-state index in [1.807, 2.05) is 32.0 Å².